The summed E-state index contributed by atoms with van der Waals surface area (Å²) in [6.07, 6.45) is 1.46. The van der Waals surface area contributed by atoms with E-state index in [4.69, 9.17) is 16.7 Å². The second-order valence-corrected chi connectivity index (χ2v) is 4.82. The molecule has 1 aromatic rings. The van der Waals surface area contributed by atoms with E-state index in [2.05, 4.69) is 10.3 Å². The quantitative estimate of drug-likeness (QED) is 0.469. The topological polar surface area (TPSA) is 122 Å². The summed E-state index contributed by atoms with van der Waals surface area (Å²) in [4.78, 5) is 36.7. The van der Waals surface area contributed by atoms with Crippen molar-refractivity contribution in [2.24, 2.45) is 5.92 Å². The SMILES string of the molecule is CC[C@H](C)[C@H](NC(=O)c1cc([N+](=O)[O-])cnc1Cl)C(=O)O. The van der Waals surface area contributed by atoms with Crippen molar-refractivity contribution in [1.82, 2.24) is 10.3 Å². The van der Waals surface area contributed by atoms with Crippen LogP contribution in [-0.4, -0.2) is 32.9 Å². The molecule has 0 fully saturated rings. The summed E-state index contributed by atoms with van der Waals surface area (Å²) in [6.45, 7) is 3.46. The third-order valence-electron chi connectivity index (χ3n) is 3.05. The summed E-state index contributed by atoms with van der Waals surface area (Å²) in [5.41, 5.74) is -0.639. The fraction of sp³-hybridized carbons (Fsp3) is 0.417. The molecule has 2 atom stereocenters. The molecule has 0 unspecified atom stereocenters. The number of carbonyl (C=O) groups is 2. The van der Waals surface area contributed by atoms with Crippen LogP contribution >= 0.6 is 11.6 Å². The average molecular weight is 316 g/mol. The Morgan fingerprint density at radius 3 is 2.67 bits per heavy atom. The van der Waals surface area contributed by atoms with Crippen molar-refractivity contribution in [2.75, 3.05) is 0 Å². The smallest absolute Gasteiger partial charge is 0.326 e. The fourth-order valence-corrected chi connectivity index (χ4v) is 1.79. The van der Waals surface area contributed by atoms with Gasteiger partial charge in [-0.1, -0.05) is 31.9 Å². The van der Waals surface area contributed by atoms with Crippen LogP contribution in [0.2, 0.25) is 5.15 Å². The lowest BCUT2D eigenvalue weighted by Gasteiger charge is -2.20. The minimum absolute atomic E-state index is 0.230. The molecule has 1 heterocycles. The number of aromatic nitrogens is 1. The molecule has 0 spiro atoms. The minimum Gasteiger partial charge on any atom is -0.480 e. The monoisotopic (exact) mass is 315 g/mol. The molecule has 9 heteroatoms. The highest BCUT2D eigenvalue weighted by molar-refractivity contribution is 6.32. The van der Waals surface area contributed by atoms with E-state index in [0.717, 1.165) is 12.3 Å². The summed E-state index contributed by atoms with van der Waals surface area (Å²) in [5.74, 6) is -2.31. The molecule has 8 nitrogen and oxygen atoms in total. The number of carbonyl (C=O) groups excluding carboxylic acids is 1. The van der Waals surface area contributed by atoms with Crippen LogP contribution in [0.25, 0.3) is 0 Å². The number of hydrogen-bond acceptors (Lipinski definition) is 5. The molecule has 0 aliphatic heterocycles. The van der Waals surface area contributed by atoms with E-state index in [9.17, 15) is 19.7 Å². The molecule has 0 bridgehead atoms. The molecule has 0 aliphatic rings. The zero-order valence-electron chi connectivity index (χ0n) is 11.4. The van der Waals surface area contributed by atoms with E-state index in [1.165, 1.54) is 0 Å². The Morgan fingerprint density at radius 1 is 1.57 bits per heavy atom. The summed E-state index contributed by atoms with van der Waals surface area (Å²) >= 11 is 5.73. The van der Waals surface area contributed by atoms with Crippen LogP contribution in [0.5, 0.6) is 0 Å². The van der Waals surface area contributed by atoms with E-state index in [-0.39, 0.29) is 16.6 Å². The van der Waals surface area contributed by atoms with Gasteiger partial charge in [-0.05, 0) is 5.92 Å². The van der Waals surface area contributed by atoms with Gasteiger partial charge >= 0.3 is 5.97 Å². The number of nitrogens with zero attached hydrogens (tertiary/aromatic N) is 2. The molecule has 0 aliphatic carbocycles. The van der Waals surface area contributed by atoms with Crippen molar-refractivity contribution in [2.45, 2.75) is 26.3 Å². The minimum atomic E-state index is -1.19. The van der Waals surface area contributed by atoms with Crippen LogP contribution in [0.4, 0.5) is 5.69 Å². The Bertz CT molecular complexity index is 578. The number of carboxylic acids is 1. The largest absolute Gasteiger partial charge is 0.480 e. The predicted molar refractivity (Wildman–Crippen MR) is 74.2 cm³/mol. The number of carboxylic acid groups (broad SMARTS) is 1. The fourth-order valence-electron chi connectivity index (χ4n) is 1.60. The number of halogens is 1. The second-order valence-electron chi connectivity index (χ2n) is 4.46. The standard InChI is InChI=1S/C12H14ClN3O5/c1-3-6(2)9(12(18)19)15-11(17)8-4-7(16(20)21)5-14-10(8)13/h4-6,9H,3H2,1-2H3,(H,15,17)(H,18,19)/t6-,9-/m0/s1. The molecule has 0 saturated carbocycles. The van der Waals surface area contributed by atoms with Gasteiger partial charge in [-0.3, -0.25) is 14.9 Å². The van der Waals surface area contributed by atoms with Gasteiger partial charge < -0.3 is 10.4 Å². The third-order valence-corrected chi connectivity index (χ3v) is 3.35. The molecule has 1 rings (SSSR count). The third kappa shape index (κ3) is 4.12. The number of amides is 1. The average Bonchev–Trinajstić information content (AvgIpc) is 2.43. The first-order valence-corrected chi connectivity index (χ1v) is 6.49. The first-order chi connectivity index (χ1) is 9.77. The van der Waals surface area contributed by atoms with Gasteiger partial charge in [0.05, 0.1) is 10.5 Å². The number of hydrogen-bond donors (Lipinski definition) is 2. The van der Waals surface area contributed by atoms with Crippen molar-refractivity contribution in [3.05, 3.63) is 33.1 Å². The van der Waals surface area contributed by atoms with Crippen molar-refractivity contribution >= 4 is 29.2 Å². The molecule has 1 amide bonds. The molecule has 0 radical (unpaired) electrons. The van der Waals surface area contributed by atoms with E-state index in [1.54, 1.807) is 13.8 Å². The van der Waals surface area contributed by atoms with Gasteiger partial charge in [-0.15, -0.1) is 0 Å². The molecular weight excluding hydrogens is 302 g/mol. The molecule has 0 aromatic carbocycles. The van der Waals surface area contributed by atoms with Crippen molar-refractivity contribution in [3.63, 3.8) is 0 Å². The Balaban J connectivity index is 3.05. The van der Waals surface area contributed by atoms with Crippen LogP contribution in [0, 0.1) is 16.0 Å². The summed E-state index contributed by atoms with van der Waals surface area (Å²) in [7, 11) is 0. The normalized spacial score (nSPS) is 13.3. The zero-order valence-corrected chi connectivity index (χ0v) is 12.1. The van der Waals surface area contributed by atoms with Crippen LogP contribution in [-0.2, 0) is 4.79 Å². The highest BCUT2D eigenvalue weighted by Gasteiger charge is 2.27. The molecule has 0 saturated heterocycles. The number of aliphatic carboxylic acids is 1. The van der Waals surface area contributed by atoms with E-state index in [1.807, 2.05) is 0 Å². The Hall–Kier alpha value is -2.22. The first-order valence-electron chi connectivity index (χ1n) is 6.11. The number of rotatable bonds is 6. The molecule has 114 valence electrons. The van der Waals surface area contributed by atoms with Crippen LogP contribution < -0.4 is 5.32 Å². The summed E-state index contributed by atoms with van der Waals surface area (Å²) in [6, 6.07) is -0.155. The van der Waals surface area contributed by atoms with Crippen molar-refractivity contribution < 1.29 is 19.6 Å². The van der Waals surface area contributed by atoms with Crippen molar-refractivity contribution in [3.8, 4) is 0 Å². The van der Waals surface area contributed by atoms with E-state index >= 15 is 0 Å². The van der Waals surface area contributed by atoms with Gasteiger partial charge in [0.1, 0.15) is 17.4 Å². The first kappa shape index (κ1) is 16.8. The highest BCUT2D eigenvalue weighted by Crippen LogP contribution is 2.19. The van der Waals surface area contributed by atoms with E-state index in [0.29, 0.717) is 6.42 Å². The van der Waals surface area contributed by atoms with Crippen LogP contribution in [0.1, 0.15) is 30.6 Å². The second kappa shape index (κ2) is 6.98. The van der Waals surface area contributed by atoms with Gasteiger partial charge in [0.25, 0.3) is 11.6 Å². The van der Waals surface area contributed by atoms with Gasteiger partial charge in [-0.25, -0.2) is 9.78 Å². The van der Waals surface area contributed by atoms with Gasteiger partial charge in [0.15, 0.2) is 0 Å². The highest BCUT2D eigenvalue weighted by atomic mass is 35.5. The lowest BCUT2D eigenvalue weighted by Crippen LogP contribution is -2.45. The maximum absolute atomic E-state index is 12.1. The van der Waals surface area contributed by atoms with Gasteiger partial charge in [-0.2, -0.15) is 0 Å². The number of nitro groups is 1. The molecule has 21 heavy (non-hydrogen) atoms. The maximum atomic E-state index is 12.1. The van der Waals surface area contributed by atoms with Gasteiger partial charge in [0, 0.05) is 6.07 Å². The summed E-state index contributed by atoms with van der Waals surface area (Å²) in [5, 5.41) is 21.9. The lowest BCUT2D eigenvalue weighted by atomic mass is 9.99. The van der Waals surface area contributed by atoms with Crippen LogP contribution in [0.3, 0.4) is 0 Å². The van der Waals surface area contributed by atoms with E-state index < -0.39 is 28.5 Å². The maximum Gasteiger partial charge on any atom is 0.326 e. The molecular formula is C12H14ClN3O5. The number of nitrogens with one attached hydrogen (secondary N) is 1. The Morgan fingerprint density at radius 2 is 2.19 bits per heavy atom. The van der Waals surface area contributed by atoms with Crippen molar-refractivity contribution in [1.29, 1.82) is 0 Å². The van der Waals surface area contributed by atoms with Crippen LogP contribution in [0.15, 0.2) is 12.3 Å². The Labute approximate surface area is 125 Å². The molecule has 2 N–H and O–H groups in total. The number of pyridine rings is 1. The molecule has 1 aromatic heterocycles. The van der Waals surface area contributed by atoms with Gasteiger partial charge in [0.2, 0.25) is 0 Å². The lowest BCUT2D eigenvalue weighted by molar-refractivity contribution is -0.385. The summed E-state index contributed by atoms with van der Waals surface area (Å²) < 4.78 is 0. The predicted octanol–water partition coefficient (Wildman–Crippen LogP) is 1.87. The zero-order chi connectivity index (χ0) is 16.2. The Kier molecular flexibility index (Phi) is 5.60.